The minimum absolute atomic E-state index is 0. The first-order chi connectivity index (χ1) is 12.5. The van der Waals surface area contributed by atoms with E-state index in [0.29, 0.717) is 23.2 Å². The Bertz CT molecular complexity index is 675. The van der Waals surface area contributed by atoms with Gasteiger partial charge in [0.15, 0.2) is 5.17 Å². The van der Waals surface area contributed by atoms with Gasteiger partial charge in [-0.3, -0.25) is 9.79 Å². The van der Waals surface area contributed by atoms with Crippen molar-refractivity contribution in [3.63, 3.8) is 0 Å². The maximum atomic E-state index is 12.4. The third-order valence-electron chi connectivity index (χ3n) is 5.19. The molecule has 150 valence electrons. The highest BCUT2D eigenvalue weighted by Crippen LogP contribution is 2.29. The van der Waals surface area contributed by atoms with Gasteiger partial charge in [0, 0.05) is 25.3 Å². The van der Waals surface area contributed by atoms with Gasteiger partial charge in [-0.2, -0.15) is 0 Å². The van der Waals surface area contributed by atoms with Crippen molar-refractivity contribution >= 4 is 52.5 Å². The predicted octanol–water partition coefficient (Wildman–Crippen LogP) is 5.52. The number of nitrogens with zero attached hydrogens (tertiary/aromatic N) is 2. The van der Waals surface area contributed by atoms with Crippen molar-refractivity contribution < 1.29 is 4.79 Å². The van der Waals surface area contributed by atoms with Gasteiger partial charge in [-0.1, -0.05) is 55.1 Å². The second-order valence-electron chi connectivity index (χ2n) is 7.37. The number of aryl methyl sites for hydroxylation is 1. The van der Waals surface area contributed by atoms with Crippen LogP contribution in [0.2, 0.25) is 5.02 Å². The Hall–Kier alpha value is -0.910. The molecule has 3 rings (SSSR count). The van der Waals surface area contributed by atoms with Gasteiger partial charge in [0.25, 0.3) is 0 Å². The first-order valence-corrected chi connectivity index (χ1v) is 10.9. The third-order valence-corrected chi connectivity index (χ3v) is 6.71. The van der Waals surface area contributed by atoms with Gasteiger partial charge in [-0.05, 0) is 37.5 Å². The van der Waals surface area contributed by atoms with E-state index in [-0.39, 0.29) is 24.4 Å². The van der Waals surface area contributed by atoms with Crippen LogP contribution in [0.3, 0.4) is 0 Å². The lowest BCUT2D eigenvalue weighted by Crippen LogP contribution is -2.34. The number of rotatable bonds is 4. The summed E-state index contributed by atoms with van der Waals surface area (Å²) in [6, 6.07) is 6.33. The molecular formula is C20H29Cl2N3OS. The molecule has 2 aliphatic rings. The average Bonchev–Trinajstić information content (AvgIpc) is 2.80. The van der Waals surface area contributed by atoms with Crippen molar-refractivity contribution in [3.8, 4) is 0 Å². The minimum atomic E-state index is 0. The van der Waals surface area contributed by atoms with Gasteiger partial charge < -0.3 is 10.2 Å². The molecule has 1 N–H and O–H groups in total. The summed E-state index contributed by atoms with van der Waals surface area (Å²) < 4.78 is 0. The molecule has 0 aromatic heterocycles. The monoisotopic (exact) mass is 429 g/mol. The molecule has 1 heterocycles. The quantitative estimate of drug-likeness (QED) is 0.640. The van der Waals surface area contributed by atoms with E-state index in [4.69, 9.17) is 16.6 Å². The summed E-state index contributed by atoms with van der Waals surface area (Å²) in [6.45, 7) is 1.98. The largest absolute Gasteiger partial charge is 0.350 e. The molecule has 0 radical (unpaired) electrons. The van der Waals surface area contributed by atoms with Crippen molar-refractivity contribution in [3.05, 3.63) is 28.8 Å². The number of hydrogen-bond acceptors (Lipinski definition) is 3. The maximum Gasteiger partial charge on any atom is 0.226 e. The van der Waals surface area contributed by atoms with Crippen LogP contribution in [0.4, 0.5) is 5.69 Å². The topological polar surface area (TPSA) is 44.7 Å². The Balaban J connectivity index is 0.00000261. The summed E-state index contributed by atoms with van der Waals surface area (Å²) in [7, 11) is 2.06. The molecule has 1 saturated heterocycles. The summed E-state index contributed by atoms with van der Waals surface area (Å²) in [6.07, 6.45) is 8.13. The standard InChI is InChI=1S/C20H28ClN3OS.ClH/c1-14-9-10-18(17(21)11-14)23-19(25)12-16-13-26-20(24(16)2)22-15-7-5-3-4-6-8-15;/h9-11,15-16H,3-8,12-13H2,1-2H3,(H,23,25);1H. The van der Waals surface area contributed by atoms with Crippen molar-refractivity contribution in [2.75, 3.05) is 18.1 Å². The Labute approximate surface area is 177 Å². The Kier molecular flexibility index (Phi) is 8.77. The predicted molar refractivity (Wildman–Crippen MR) is 120 cm³/mol. The lowest BCUT2D eigenvalue weighted by molar-refractivity contribution is -0.116. The summed E-state index contributed by atoms with van der Waals surface area (Å²) in [5, 5.41) is 4.63. The molecule has 1 unspecified atom stereocenters. The van der Waals surface area contributed by atoms with Crippen LogP contribution in [0.25, 0.3) is 0 Å². The molecule has 27 heavy (non-hydrogen) atoms. The lowest BCUT2D eigenvalue weighted by atomic mass is 10.1. The Morgan fingerprint density at radius 1 is 1.30 bits per heavy atom. The van der Waals surface area contributed by atoms with E-state index in [1.807, 2.05) is 25.1 Å². The van der Waals surface area contributed by atoms with E-state index in [9.17, 15) is 4.79 Å². The van der Waals surface area contributed by atoms with Gasteiger partial charge in [0.05, 0.1) is 16.8 Å². The minimum Gasteiger partial charge on any atom is -0.350 e. The fourth-order valence-electron chi connectivity index (χ4n) is 3.54. The third kappa shape index (κ3) is 6.30. The molecule has 4 nitrogen and oxygen atoms in total. The van der Waals surface area contributed by atoms with Crippen LogP contribution in [-0.4, -0.2) is 40.9 Å². The van der Waals surface area contributed by atoms with E-state index < -0.39 is 0 Å². The van der Waals surface area contributed by atoms with E-state index in [1.165, 1.54) is 38.5 Å². The van der Waals surface area contributed by atoms with E-state index >= 15 is 0 Å². The van der Waals surface area contributed by atoms with E-state index in [0.717, 1.165) is 16.5 Å². The number of aliphatic imine (C=N–C) groups is 1. The summed E-state index contributed by atoms with van der Waals surface area (Å²) in [5.74, 6) is 0.917. The number of anilines is 1. The molecule has 1 aliphatic heterocycles. The second-order valence-corrected chi connectivity index (χ2v) is 8.76. The number of thioether (sulfide) groups is 1. The maximum absolute atomic E-state index is 12.4. The van der Waals surface area contributed by atoms with Crippen LogP contribution in [-0.2, 0) is 4.79 Å². The molecule has 0 bridgehead atoms. The number of amides is 1. The number of carbonyl (C=O) groups excluding carboxylic acids is 1. The number of carbonyl (C=O) groups is 1. The molecule has 1 aliphatic carbocycles. The van der Waals surface area contributed by atoms with Crippen LogP contribution in [0.5, 0.6) is 0 Å². The fourth-order valence-corrected chi connectivity index (χ4v) is 5.09. The summed E-state index contributed by atoms with van der Waals surface area (Å²) >= 11 is 8.00. The molecule has 1 atom stereocenters. The summed E-state index contributed by atoms with van der Waals surface area (Å²) in [5.41, 5.74) is 1.77. The van der Waals surface area contributed by atoms with Gasteiger partial charge in [-0.25, -0.2) is 0 Å². The van der Waals surface area contributed by atoms with E-state index in [1.54, 1.807) is 11.8 Å². The fraction of sp³-hybridized carbons (Fsp3) is 0.600. The lowest BCUT2D eigenvalue weighted by Gasteiger charge is -2.22. The van der Waals surface area contributed by atoms with Gasteiger partial charge in [-0.15, -0.1) is 12.4 Å². The molecule has 0 spiro atoms. The highest BCUT2D eigenvalue weighted by atomic mass is 35.5. The molecule has 1 amide bonds. The van der Waals surface area contributed by atoms with Crippen molar-refractivity contribution in [1.82, 2.24) is 4.90 Å². The molecule has 7 heteroatoms. The van der Waals surface area contributed by atoms with Gasteiger partial charge in [0.1, 0.15) is 0 Å². The van der Waals surface area contributed by atoms with Crippen molar-refractivity contribution in [2.24, 2.45) is 4.99 Å². The van der Waals surface area contributed by atoms with Gasteiger partial charge in [0.2, 0.25) is 5.91 Å². The van der Waals surface area contributed by atoms with Gasteiger partial charge >= 0.3 is 0 Å². The number of benzene rings is 1. The van der Waals surface area contributed by atoms with Crippen LogP contribution < -0.4 is 5.32 Å². The SMILES string of the molecule is Cc1ccc(NC(=O)CC2CSC(=NC3CCCCCC3)N2C)c(Cl)c1.Cl. The number of nitrogens with one attached hydrogen (secondary N) is 1. The number of hydrogen-bond donors (Lipinski definition) is 1. The normalized spacial score (nSPS) is 22.4. The zero-order chi connectivity index (χ0) is 18.5. The molecule has 1 aromatic rings. The highest BCUT2D eigenvalue weighted by molar-refractivity contribution is 8.14. The van der Waals surface area contributed by atoms with E-state index in [2.05, 4.69) is 17.3 Å². The first kappa shape index (κ1) is 22.4. The van der Waals surface area contributed by atoms with Crippen LogP contribution in [0.1, 0.15) is 50.5 Å². The smallest absolute Gasteiger partial charge is 0.226 e. The molecule has 1 saturated carbocycles. The Morgan fingerprint density at radius 3 is 2.67 bits per heavy atom. The van der Waals surface area contributed by atoms with Crippen molar-refractivity contribution in [2.45, 2.75) is 64.0 Å². The zero-order valence-electron chi connectivity index (χ0n) is 16.0. The van der Waals surface area contributed by atoms with Crippen LogP contribution in [0.15, 0.2) is 23.2 Å². The average molecular weight is 430 g/mol. The zero-order valence-corrected chi connectivity index (χ0v) is 18.4. The summed E-state index contributed by atoms with van der Waals surface area (Å²) in [4.78, 5) is 19.6. The van der Waals surface area contributed by atoms with Crippen LogP contribution >= 0.6 is 35.8 Å². The first-order valence-electron chi connectivity index (χ1n) is 9.52. The number of amidine groups is 1. The Morgan fingerprint density at radius 2 is 2.00 bits per heavy atom. The highest BCUT2D eigenvalue weighted by Gasteiger charge is 2.29. The molecular weight excluding hydrogens is 401 g/mol. The molecule has 1 aromatic carbocycles. The second kappa shape index (κ2) is 10.6. The number of halogens is 2. The van der Waals surface area contributed by atoms with Crippen LogP contribution in [0, 0.1) is 6.92 Å². The molecule has 2 fully saturated rings. The van der Waals surface area contributed by atoms with Crippen molar-refractivity contribution in [1.29, 1.82) is 0 Å².